The third-order valence-corrected chi connectivity index (χ3v) is 5.21. The molecule has 1 atom stereocenters. The van der Waals surface area contributed by atoms with Crippen LogP contribution in [0.25, 0.3) is 0 Å². The lowest BCUT2D eigenvalue weighted by Gasteiger charge is -2.42. The molecule has 1 aromatic carbocycles. The molecule has 0 heterocycles. The van der Waals surface area contributed by atoms with Crippen LogP contribution in [-0.2, 0) is 12.0 Å². The van der Waals surface area contributed by atoms with E-state index in [1.165, 1.54) is 6.92 Å². The highest BCUT2D eigenvalue weighted by Crippen LogP contribution is 2.62. The van der Waals surface area contributed by atoms with Crippen LogP contribution in [0, 0.1) is 0 Å². The second-order valence-electron chi connectivity index (χ2n) is 7.80. The summed E-state index contributed by atoms with van der Waals surface area (Å²) in [5.74, 6) is -39.6. The van der Waals surface area contributed by atoms with Crippen LogP contribution in [0.2, 0.25) is 0 Å². The summed E-state index contributed by atoms with van der Waals surface area (Å²) < 4.78 is 214. The van der Waals surface area contributed by atoms with E-state index in [2.05, 4.69) is 0 Å². The Morgan fingerprint density at radius 2 is 1.06 bits per heavy atom. The summed E-state index contributed by atoms with van der Waals surface area (Å²) in [5, 5.41) is 10.1. The normalized spacial score (nSPS) is 16.7. The first-order chi connectivity index (χ1) is 15.8. The standard InChI is InChI=1S/C19H16F16O/c1-2-3-6-10-7-4-5-8-11(10)12(36,18(30,31)32)9-13(20,21)14(22,23)15(24,25)16(26,27)17(28,29)19(33,34)35/h4-5,7-8,36H,2-3,6,9H2,1H3. The zero-order valence-corrected chi connectivity index (χ0v) is 17.6. The first kappa shape index (κ1) is 32.1. The summed E-state index contributed by atoms with van der Waals surface area (Å²) in [6, 6.07) is 2.80. The maximum atomic E-state index is 14.3. The van der Waals surface area contributed by atoms with Gasteiger partial charge in [-0.15, -0.1) is 0 Å². The van der Waals surface area contributed by atoms with Gasteiger partial charge >= 0.3 is 42.0 Å². The summed E-state index contributed by atoms with van der Waals surface area (Å²) >= 11 is 0. The molecular formula is C19H16F16O. The van der Waals surface area contributed by atoms with Crippen LogP contribution in [-0.4, -0.2) is 47.1 Å². The number of unbranched alkanes of at least 4 members (excludes halogenated alkanes) is 1. The molecular weight excluding hydrogens is 548 g/mol. The minimum atomic E-state index is -8.27. The van der Waals surface area contributed by atoms with Crippen LogP contribution < -0.4 is 0 Å². The predicted octanol–water partition coefficient (Wildman–Crippen LogP) is 7.91. The molecule has 1 N–H and O–H groups in total. The molecule has 0 radical (unpaired) electrons. The molecule has 0 saturated heterocycles. The van der Waals surface area contributed by atoms with Crippen LogP contribution in [0.5, 0.6) is 0 Å². The van der Waals surface area contributed by atoms with Crippen LogP contribution in [0.4, 0.5) is 70.2 Å². The molecule has 0 aliphatic heterocycles. The number of halogens is 16. The smallest absolute Gasteiger partial charge is 0.376 e. The molecule has 1 nitrogen and oxygen atoms in total. The Balaban J connectivity index is 3.73. The molecule has 0 saturated carbocycles. The largest absolute Gasteiger partial charge is 0.460 e. The fraction of sp³-hybridized carbons (Fsp3) is 0.684. The summed E-state index contributed by atoms with van der Waals surface area (Å²) in [5.41, 5.74) is -7.32. The molecule has 210 valence electrons. The fourth-order valence-corrected chi connectivity index (χ4v) is 3.09. The van der Waals surface area contributed by atoms with Crippen molar-refractivity contribution in [2.75, 3.05) is 0 Å². The van der Waals surface area contributed by atoms with Crippen molar-refractivity contribution < 1.29 is 75.4 Å². The predicted molar refractivity (Wildman–Crippen MR) is 90.4 cm³/mol. The lowest BCUT2D eigenvalue weighted by molar-refractivity contribution is -0.443. The quantitative estimate of drug-likeness (QED) is 0.287. The second kappa shape index (κ2) is 9.42. The van der Waals surface area contributed by atoms with Crippen molar-refractivity contribution in [1.29, 1.82) is 0 Å². The monoisotopic (exact) mass is 564 g/mol. The lowest BCUT2D eigenvalue weighted by Crippen LogP contribution is -2.70. The Bertz CT molecular complexity index is 901. The first-order valence-electron chi connectivity index (χ1n) is 9.59. The zero-order valence-electron chi connectivity index (χ0n) is 17.6. The van der Waals surface area contributed by atoms with E-state index >= 15 is 0 Å². The van der Waals surface area contributed by atoms with Gasteiger partial charge in [0.05, 0.1) is 6.42 Å². The van der Waals surface area contributed by atoms with Crippen molar-refractivity contribution in [2.45, 2.75) is 80.2 Å². The van der Waals surface area contributed by atoms with Gasteiger partial charge in [0.25, 0.3) is 0 Å². The number of hydrogen-bond donors (Lipinski definition) is 1. The highest BCUT2D eigenvalue weighted by molar-refractivity contribution is 5.35. The van der Waals surface area contributed by atoms with Crippen LogP contribution in [0.15, 0.2) is 24.3 Å². The number of aliphatic hydroxyl groups is 1. The number of alkyl halides is 16. The molecule has 36 heavy (non-hydrogen) atoms. The fourth-order valence-electron chi connectivity index (χ4n) is 3.09. The average Bonchev–Trinajstić information content (AvgIpc) is 2.69. The number of hydrogen-bond acceptors (Lipinski definition) is 1. The number of rotatable bonds is 10. The van der Waals surface area contributed by atoms with Gasteiger partial charge in [0, 0.05) is 0 Å². The van der Waals surface area contributed by atoms with Crippen LogP contribution in [0.1, 0.15) is 37.3 Å². The van der Waals surface area contributed by atoms with E-state index < -0.39 is 71.5 Å². The number of benzene rings is 1. The van der Waals surface area contributed by atoms with E-state index in [0.717, 1.165) is 12.1 Å². The molecule has 1 aromatic rings. The molecule has 1 rings (SSSR count). The van der Waals surface area contributed by atoms with Gasteiger partial charge in [0.15, 0.2) is 5.60 Å². The molecule has 17 heteroatoms. The van der Waals surface area contributed by atoms with Gasteiger partial charge in [-0.1, -0.05) is 37.6 Å². The Morgan fingerprint density at radius 1 is 0.611 bits per heavy atom. The third-order valence-electron chi connectivity index (χ3n) is 5.21. The minimum absolute atomic E-state index is 0.0360. The molecule has 0 spiro atoms. The summed E-state index contributed by atoms with van der Waals surface area (Å²) in [6.07, 6.45) is -18.0. The molecule has 0 aromatic heterocycles. The highest BCUT2D eigenvalue weighted by atomic mass is 19.4. The van der Waals surface area contributed by atoms with Gasteiger partial charge in [-0.2, -0.15) is 70.2 Å². The molecule has 0 aliphatic rings. The Hall–Kier alpha value is -1.94. The minimum Gasteiger partial charge on any atom is -0.376 e. The van der Waals surface area contributed by atoms with Crippen molar-refractivity contribution in [1.82, 2.24) is 0 Å². The van der Waals surface area contributed by atoms with Gasteiger partial charge in [-0.25, -0.2) is 0 Å². The molecule has 0 amide bonds. The van der Waals surface area contributed by atoms with Crippen molar-refractivity contribution in [3.8, 4) is 0 Å². The highest BCUT2D eigenvalue weighted by Gasteiger charge is 2.91. The van der Waals surface area contributed by atoms with E-state index in [1.807, 2.05) is 0 Å². The van der Waals surface area contributed by atoms with E-state index in [0.29, 0.717) is 6.07 Å². The van der Waals surface area contributed by atoms with Gasteiger partial charge in [0.1, 0.15) is 0 Å². The molecule has 0 bridgehead atoms. The maximum Gasteiger partial charge on any atom is 0.460 e. The van der Waals surface area contributed by atoms with Crippen LogP contribution >= 0.6 is 0 Å². The van der Waals surface area contributed by atoms with E-state index in [4.69, 9.17) is 0 Å². The Kier molecular flexibility index (Phi) is 8.40. The lowest BCUT2D eigenvalue weighted by atomic mass is 9.80. The van der Waals surface area contributed by atoms with Crippen molar-refractivity contribution in [3.63, 3.8) is 0 Å². The average molecular weight is 564 g/mol. The van der Waals surface area contributed by atoms with Gasteiger partial charge < -0.3 is 5.11 Å². The topological polar surface area (TPSA) is 20.2 Å². The second-order valence-corrected chi connectivity index (χ2v) is 7.80. The van der Waals surface area contributed by atoms with Crippen molar-refractivity contribution in [3.05, 3.63) is 35.4 Å². The Morgan fingerprint density at radius 3 is 1.47 bits per heavy atom. The van der Waals surface area contributed by atoms with Gasteiger partial charge in [-0.05, 0) is 24.0 Å². The van der Waals surface area contributed by atoms with Gasteiger partial charge in [-0.3, -0.25) is 0 Å². The van der Waals surface area contributed by atoms with Gasteiger partial charge in [0.2, 0.25) is 0 Å². The summed E-state index contributed by atoms with van der Waals surface area (Å²) in [7, 11) is 0. The Labute approximate surface area is 192 Å². The molecule has 1 unspecified atom stereocenters. The number of aryl methyl sites for hydroxylation is 1. The summed E-state index contributed by atoms with van der Waals surface area (Å²) in [6.45, 7) is 1.51. The van der Waals surface area contributed by atoms with E-state index in [9.17, 15) is 75.4 Å². The maximum absolute atomic E-state index is 14.3. The summed E-state index contributed by atoms with van der Waals surface area (Å²) in [4.78, 5) is 0. The van der Waals surface area contributed by atoms with E-state index in [1.54, 1.807) is 0 Å². The third kappa shape index (κ3) is 4.95. The first-order valence-corrected chi connectivity index (χ1v) is 9.59. The van der Waals surface area contributed by atoms with E-state index in [-0.39, 0.29) is 18.9 Å². The zero-order chi connectivity index (χ0) is 28.8. The SMILES string of the molecule is CCCCc1ccccc1C(O)(CC(F)(F)C(F)(F)C(F)(F)C(F)(F)C(F)(F)C(F)(F)F)C(F)(F)F. The van der Waals surface area contributed by atoms with Crippen LogP contribution in [0.3, 0.4) is 0 Å². The van der Waals surface area contributed by atoms with Crippen molar-refractivity contribution >= 4 is 0 Å². The molecule has 0 aliphatic carbocycles. The molecule has 0 fully saturated rings. The van der Waals surface area contributed by atoms with Crippen molar-refractivity contribution in [2.24, 2.45) is 0 Å².